The average Bonchev–Trinajstić information content (AvgIpc) is 2.87. The van der Waals surface area contributed by atoms with Crippen molar-refractivity contribution < 1.29 is 57.5 Å². The van der Waals surface area contributed by atoms with Crippen LogP contribution in [0.15, 0.2) is 23.0 Å². The van der Waals surface area contributed by atoms with Gasteiger partial charge in [-0.25, -0.2) is 0 Å². The van der Waals surface area contributed by atoms with Crippen molar-refractivity contribution in [3.8, 4) is 11.5 Å². The number of rotatable bonds is 5. The summed E-state index contributed by atoms with van der Waals surface area (Å²) in [4.78, 5) is 55.5. The Morgan fingerprint density at radius 1 is 1.23 bits per heavy atom. The quantitative estimate of drug-likeness (QED) is 0.201. The highest BCUT2D eigenvalue weighted by Gasteiger charge is 2.73. The number of carbonyl (C=O) groups is 4. The van der Waals surface area contributed by atoms with Crippen molar-refractivity contribution in [3.05, 3.63) is 34.1 Å². The first-order valence-corrected chi connectivity index (χ1v) is 13.6. The number of ketones is 2. The molecule has 3 aliphatic carbocycles. The molecule has 16 heteroatoms. The van der Waals surface area contributed by atoms with E-state index in [4.69, 9.17) is 5.73 Å². The number of likely N-dealkylation sites (N-methyl/N-ethyl adjacent to an activating group) is 2. The number of hydrogen-bond acceptors (Lipinski definition) is 11. The SMILES string of the molecule is CN(C)CC(=O)Nc1cc(OC(F)(F)F)c2c(c1O)C(O)=C1C(=O)[C@]3(O)C(O)=C(C(N)=O)C(=O)[C@H]4N(C)CCC[C@]43C[C@@H]1C2. The number of nitrogens with zero attached hydrogens (tertiary/aromatic N) is 2. The van der Waals surface area contributed by atoms with Crippen molar-refractivity contribution in [3.63, 3.8) is 0 Å². The van der Waals surface area contributed by atoms with Gasteiger partial charge in [0.25, 0.3) is 5.91 Å². The smallest absolute Gasteiger partial charge is 0.508 e. The molecule has 2 fully saturated rings. The molecule has 2 amide bonds. The van der Waals surface area contributed by atoms with Crippen LogP contribution in [0.4, 0.5) is 18.9 Å². The largest absolute Gasteiger partial charge is 0.573 e. The predicted molar refractivity (Wildman–Crippen MR) is 145 cm³/mol. The standard InChI is InChI=1S/C28H31F3N4O9/c1-34(2)10-15(36)33-13-8-14(44-28(29,30)31)12-7-11-9-26-5-4-6-35(3)22(26)21(39)18(25(32)42)24(41)27(26,43)23(40)16(11)20(38)17(12)19(13)37/h8,11,22,37-38,41,43H,4-7,9-10H2,1-3H3,(H2,32,42)(H,33,36)/t11-,22+,26-,27-/m0/s1. The summed E-state index contributed by atoms with van der Waals surface area (Å²) in [6.07, 6.45) is -5.62. The highest BCUT2D eigenvalue weighted by Crippen LogP contribution is 2.62. The molecule has 7 N–H and O–H groups in total. The maximum atomic E-state index is 14.3. The van der Waals surface area contributed by atoms with Crippen LogP contribution in [0.5, 0.6) is 11.5 Å². The Morgan fingerprint density at radius 3 is 2.48 bits per heavy atom. The van der Waals surface area contributed by atoms with Gasteiger partial charge in [-0.3, -0.25) is 24.1 Å². The van der Waals surface area contributed by atoms with E-state index >= 15 is 0 Å². The molecule has 1 saturated heterocycles. The van der Waals surface area contributed by atoms with Gasteiger partial charge in [-0.05, 0) is 59.3 Å². The second-order valence-corrected chi connectivity index (χ2v) is 12.0. The molecule has 0 bridgehead atoms. The third-order valence-corrected chi connectivity index (χ3v) is 9.00. The molecular weight excluding hydrogens is 593 g/mol. The van der Waals surface area contributed by atoms with Gasteiger partial charge in [0, 0.05) is 22.6 Å². The van der Waals surface area contributed by atoms with E-state index in [2.05, 4.69) is 10.1 Å². The van der Waals surface area contributed by atoms with E-state index < -0.39 is 105 Å². The fourth-order valence-electron chi connectivity index (χ4n) is 7.48. The van der Waals surface area contributed by atoms with E-state index in [0.29, 0.717) is 13.0 Å². The Kier molecular flexibility index (Phi) is 7.26. The number of aliphatic hydroxyl groups is 3. The Morgan fingerprint density at radius 2 is 1.89 bits per heavy atom. The number of phenolic OH excluding ortho intramolecular Hbond substituents is 1. The minimum atomic E-state index is -5.23. The van der Waals surface area contributed by atoms with E-state index in [1.165, 1.54) is 16.8 Å². The lowest BCUT2D eigenvalue weighted by atomic mass is 9.47. The van der Waals surface area contributed by atoms with Gasteiger partial charge >= 0.3 is 6.36 Å². The second kappa shape index (κ2) is 10.2. The van der Waals surface area contributed by atoms with Gasteiger partial charge in [-0.1, -0.05) is 0 Å². The van der Waals surface area contributed by atoms with Gasteiger partial charge in [-0.15, -0.1) is 13.2 Å². The van der Waals surface area contributed by atoms with Gasteiger partial charge in [-0.2, -0.15) is 0 Å². The number of hydrogen-bond donors (Lipinski definition) is 6. The number of likely N-dealkylation sites (tertiary alicyclic amines) is 1. The summed E-state index contributed by atoms with van der Waals surface area (Å²) in [5.41, 5.74) is -2.39. The van der Waals surface area contributed by atoms with Crippen molar-refractivity contribution in [1.29, 1.82) is 0 Å². The number of amides is 2. The lowest BCUT2D eigenvalue weighted by Gasteiger charge is -2.61. The number of primary amides is 1. The normalized spacial score (nSPS) is 28.7. The van der Waals surface area contributed by atoms with Crippen LogP contribution in [0.3, 0.4) is 0 Å². The molecule has 4 atom stereocenters. The maximum absolute atomic E-state index is 14.3. The number of piperidine rings is 1. The molecule has 0 aromatic heterocycles. The zero-order valence-electron chi connectivity index (χ0n) is 23.9. The molecule has 4 aliphatic rings. The average molecular weight is 625 g/mol. The second-order valence-electron chi connectivity index (χ2n) is 12.0. The molecule has 0 radical (unpaired) electrons. The molecule has 5 rings (SSSR count). The van der Waals surface area contributed by atoms with Crippen LogP contribution in [0.25, 0.3) is 5.76 Å². The Hall–Kier alpha value is -4.15. The number of aliphatic hydroxyl groups excluding tert-OH is 2. The third kappa shape index (κ3) is 4.42. The first-order chi connectivity index (χ1) is 20.4. The molecule has 1 spiro atoms. The van der Waals surface area contributed by atoms with Gasteiger partial charge in [0.2, 0.25) is 11.7 Å². The first-order valence-electron chi connectivity index (χ1n) is 13.6. The van der Waals surface area contributed by atoms with E-state index in [-0.39, 0.29) is 24.9 Å². The highest BCUT2D eigenvalue weighted by atomic mass is 19.4. The molecule has 1 aromatic rings. The molecule has 13 nitrogen and oxygen atoms in total. The van der Waals surface area contributed by atoms with Crippen LogP contribution in [0.2, 0.25) is 0 Å². The number of ether oxygens (including phenoxy) is 1. The van der Waals surface area contributed by atoms with Crippen LogP contribution in [-0.4, -0.2) is 106 Å². The van der Waals surface area contributed by atoms with Crippen molar-refractivity contribution >= 4 is 34.8 Å². The first kappa shape index (κ1) is 31.3. The van der Waals surface area contributed by atoms with Crippen molar-refractivity contribution in [2.45, 2.75) is 43.7 Å². The monoisotopic (exact) mass is 624 g/mol. The number of Topliss-reactive ketones (excluding diaryl/α,β-unsaturated/α-hetero) is 2. The molecule has 0 unspecified atom stereocenters. The summed E-state index contributed by atoms with van der Waals surface area (Å²) in [6, 6.07) is -0.566. The number of benzene rings is 1. The summed E-state index contributed by atoms with van der Waals surface area (Å²) in [5, 5.41) is 48.1. The van der Waals surface area contributed by atoms with Gasteiger partial charge in [0.15, 0.2) is 17.1 Å². The van der Waals surface area contributed by atoms with E-state index in [9.17, 15) is 52.8 Å². The number of phenols is 1. The summed E-state index contributed by atoms with van der Waals surface area (Å²) in [5.74, 6) is -9.50. The summed E-state index contributed by atoms with van der Waals surface area (Å²) >= 11 is 0. The van der Waals surface area contributed by atoms with Crippen LogP contribution >= 0.6 is 0 Å². The van der Waals surface area contributed by atoms with Gasteiger partial charge in [0.05, 0.1) is 23.8 Å². The fraction of sp³-hybridized carbons (Fsp3) is 0.500. The number of fused-ring (bicyclic) bond motifs is 2. The summed E-state index contributed by atoms with van der Waals surface area (Å²) in [7, 11) is 4.62. The number of nitrogens with two attached hydrogens (primary N) is 1. The zero-order chi connectivity index (χ0) is 32.7. The van der Waals surface area contributed by atoms with Crippen LogP contribution in [0, 0.1) is 11.3 Å². The molecule has 1 saturated carbocycles. The van der Waals surface area contributed by atoms with Crippen molar-refractivity contribution in [2.24, 2.45) is 17.1 Å². The van der Waals surface area contributed by atoms with E-state index in [0.717, 1.165) is 6.07 Å². The number of nitrogens with one attached hydrogen (secondary N) is 1. The zero-order valence-corrected chi connectivity index (χ0v) is 23.9. The summed E-state index contributed by atoms with van der Waals surface area (Å²) in [6.45, 7) is 0.0906. The minimum absolute atomic E-state index is 0.00249. The Balaban J connectivity index is 1.75. The number of aromatic hydroxyl groups is 1. The molecule has 1 aromatic carbocycles. The molecular formula is C28H31F3N4O9. The Labute approximate surface area is 248 Å². The predicted octanol–water partition coefficient (Wildman–Crippen LogP) is 0.897. The van der Waals surface area contributed by atoms with E-state index in [1.54, 1.807) is 14.1 Å². The van der Waals surface area contributed by atoms with Crippen LogP contribution < -0.4 is 15.8 Å². The third-order valence-electron chi connectivity index (χ3n) is 9.00. The lowest BCUT2D eigenvalue weighted by molar-refractivity contribution is -0.275. The van der Waals surface area contributed by atoms with Gasteiger partial charge < -0.3 is 41.1 Å². The molecule has 1 heterocycles. The maximum Gasteiger partial charge on any atom is 0.573 e. The topological polar surface area (TPSA) is 203 Å². The summed E-state index contributed by atoms with van der Waals surface area (Å²) < 4.78 is 44.9. The number of halogens is 3. The van der Waals surface area contributed by atoms with Crippen molar-refractivity contribution in [2.75, 3.05) is 39.5 Å². The fourth-order valence-corrected chi connectivity index (χ4v) is 7.48. The number of anilines is 1. The molecule has 238 valence electrons. The number of alkyl halides is 3. The van der Waals surface area contributed by atoms with Crippen LogP contribution in [-0.2, 0) is 25.6 Å². The van der Waals surface area contributed by atoms with Gasteiger partial charge in [0.1, 0.15) is 22.8 Å². The lowest BCUT2D eigenvalue weighted by Crippen LogP contribution is -2.74. The number of carbonyl (C=O) groups excluding carboxylic acids is 4. The Bertz CT molecular complexity index is 1570. The molecule has 1 aliphatic heterocycles. The molecule has 44 heavy (non-hydrogen) atoms. The highest BCUT2D eigenvalue weighted by molar-refractivity contribution is 6.25. The van der Waals surface area contributed by atoms with Crippen molar-refractivity contribution in [1.82, 2.24) is 9.80 Å². The minimum Gasteiger partial charge on any atom is -0.508 e. The van der Waals surface area contributed by atoms with E-state index in [1.807, 2.05) is 0 Å². The van der Waals surface area contributed by atoms with Crippen LogP contribution in [0.1, 0.15) is 30.4 Å².